The fourth-order valence-electron chi connectivity index (χ4n) is 3.15. The summed E-state index contributed by atoms with van der Waals surface area (Å²) in [4.78, 5) is 29.4. The zero-order valence-corrected chi connectivity index (χ0v) is 17.4. The Morgan fingerprint density at radius 3 is 2.72 bits per heavy atom. The Kier molecular flexibility index (Phi) is 7.06. The number of aromatic nitrogens is 1. The van der Waals surface area contributed by atoms with Gasteiger partial charge in [-0.05, 0) is 24.6 Å². The van der Waals surface area contributed by atoms with E-state index in [9.17, 15) is 24.2 Å². The molecule has 10 heteroatoms. The van der Waals surface area contributed by atoms with E-state index in [4.69, 9.17) is 9.84 Å². The number of aliphatic hydroxyl groups excluding tert-OH is 2. The molecule has 9 nitrogen and oxygen atoms in total. The Hall–Kier alpha value is -3.50. The van der Waals surface area contributed by atoms with Crippen LogP contribution in [-0.2, 0) is 11.2 Å². The first-order valence-electron chi connectivity index (χ1n) is 9.89. The molecule has 1 aromatic heterocycles. The molecular formula is C22H24FN3O6. The fraction of sp³-hybridized carbons (Fsp3) is 0.318. The van der Waals surface area contributed by atoms with Gasteiger partial charge in [0.2, 0.25) is 5.78 Å². The maximum atomic E-state index is 13.2. The topological polar surface area (TPSA) is 141 Å². The van der Waals surface area contributed by atoms with Gasteiger partial charge in [0.05, 0.1) is 12.9 Å². The van der Waals surface area contributed by atoms with Gasteiger partial charge in [-0.2, -0.15) is 0 Å². The molecule has 0 radical (unpaired) electrons. The highest BCUT2D eigenvalue weighted by Gasteiger charge is 2.32. The Labute approximate surface area is 183 Å². The number of halogens is 1. The van der Waals surface area contributed by atoms with Crippen LogP contribution in [0.4, 0.5) is 10.1 Å². The van der Waals surface area contributed by atoms with Crippen LogP contribution < -0.4 is 15.4 Å². The number of nitrogens with zero attached hydrogens (tertiary/aromatic N) is 1. The average Bonchev–Trinajstić information content (AvgIpc) is 2.93. The second-order valence-corrected chi connectivity index (χ2v) is 7.63. The molecule has 1 unspecified atom stereocenters. The molecule has 3 rings (SSSR count). The molecular weight excluding hydrogens is 421 g/mol. The van der Waals surface area contributed by atoms with Crippen molar-refractivity contribution in [3.63, 3.8) is 0 Å². The molecule has 1 aliphatic rings. The van der Waals surface area contributed by atoms with Crippen LogP contribution >= 0.6 is 0 Å². The summed E-state index contributed by atoms with van der Waals surface area (Å²) in [7, 11) is 0. The molecule has 0 fully saturated rings. The Morgan fingerprint density at radius 2 is 2.06 bits per heavy atom. The molecule has 1 aromatic carbocycles. The zero-order valence-electron chi connectivity index (χ0n) is 17.4. The summed E-state index contributed by atoms with van der Waals surface area (Å²) in [5.74, 6) is -1.86. The van der Waals surface area contributed by atoms with Gasteiger partial charge in [0.25, 0.3) is 5.91 Å². The van der Waals surface area contributed by atoms with Crippen LogP contribution in [0.15, 0.2) is 42.3 Å². The minimum Gasteiger partial charge on any atom is -0.515 e. The first kappa shape index (κ1) is 23.2. The third-order valence-electron chi connectivity index (χ3n) is 4.82. The smallest absolute Gasteiger partial charge is 0.258 e. The van der Waals surface area contributed by atoms with Gasteiger partial charge in [-0.3, -0.25) is 9.59 Å². The van der Waals surface area contributed by atoms with E-state index >= 15 is 0 Å². The Morgan fingerprint density at radius 1 is 1.34 bits per heavy atom. The second-order valence-electron chi connectivity index (χ2n) is 7.63. The van der Waals surface area contributed by atoms with Crippen molar-refractivity contribution >= 4 is 17.4 Å². The van der Waals surface area contributed by atoms with Crippen LogP contribution in [0, 0.1) is 5.82 Å². The van der Waals surface area contributed by atoms with Crippen molar-refractivity contribution in [3.8, 4) is 5.75 Å². The van der Waals surface area contributed by atoms with Crippen molar-refractivity contribution < 1.29 is 34.0 Å². The number of β-amino-alcohol motifs (C(OH)–C–C–N with tert-alkyl or cyclic N) is 1. The van der Waals surface area contributed by atoms with E-state index in [1.165, 1.54) is 18.3 Å². The van der Waals surface area contributed by atoms with Gasteiger partial charge in [-0.15, -0.1) is 0 Å². The molecule has 2 aromatic rings. The molecule has 2 heterocycles. The first-order chi connectivity index (χ1) is 15.3. The first-order valence-corrected chi connectivity index (χ1v) is 9.89. The third-order valence-corrected chi connectivity index (χ3v) is 4.82. The van der Waals surface area contributed by atoms with Crippen LogP contribution in [-0.4, -0.2) is 63.9 Å². The summed E-state index contributed by atoms with van der Waals surface area (Å²) in [6, 6.07) is 5.87. The normalized spacial score (nSPS) is 18.1. The second kappa shape index (κ2) is 9.75. The minimum absolute atomic E-state index is 0.0385. The van der Waals surface area contributed by atoms with Crippen LogP contribution in [0.1, 0.15) is 28.5 Å². The van der Waals surface area contributed by atoms with Gasteiger partial charge >= 0.3 is 0 Å². The number of ether oxygens (including phenoxy) is 1. The number of nitrogens with one attached hydrogen (secondary N) is 2. The van der Waals surface area contributed by atoms with Gasteiger partial charge in [-0.1, -0.05) is 12.1 Å². The predicted octanol–water partition coefficient (Wildman–Crippen LogP) is 1.10. The predicted molar refractivity (Wildman–Crippen MR) is 113 cm³/mol. The zero-order chi connectivity index (χ0) is 23.3. The van der Waals surface area contributed by atoms with E-state index in [1.807, 2.05) is 0 Å². The van der Waals surface area contributed by atoms with Gasteiger partial charge in [0.15, 0.2) is 0 Å². The lowest BCUT2D eigenvalue weighted by atomic mass is 10.0. The number of carbonyl (C=O) groups excluding carboxylic acids is 2. The molecule has 1 amide bonds. The maximum absolute atomic E-state index is 13.2. The molecule has 0 saturated carbocycles. The number of rotatable bonds is 7. The number of anilines is 1. The quantitative estimate of drug-likeness (QED) is 0.140. The molecule has 1 aliphatic heterocycles. The van der Waals surface area contributed by atoms with Crippen LogP contribution in [0.5, 0.6) is 5.75 Å². The van der Waals surface area contributed by atoms with E-state index in [1.54, 1.807) is 19.1 Å². The Balaban J connectivity index is 2.01. The number of hydrogen-bond donors (Lipinski definition) is 5. The van der Waals surface area contributed by atoms with Gasteiger partial charge in [-0.25, -0.2) is 9.37 Å². The molecule has 0 spiro atoms. The number of aliphatic hydroxyl groups is 3. The number of amides is 1. The van der Waals surface area contributed by atoms with E-state index in [0.29, 0.717) is 18.2 Å². The van der Waals surface area contributed by atoms with E-state index < -0.39 is 22.9 Å². The van der Waals surface area contributed by atoms with Crippen LogP contribution in [0.3, 0.4) is 0 Å². The van der Waals surface area contributed by atoms with Crippen molar-refractivity contribution in [2.75, 3.05) is 31.6 Å². The van der Waals surface area contributed by atoms with Gasteiger partial charge < -0.3 is 30.7 Å². The van der Waals surface area contributed by atoms with Crippen molar-refractivity contribution in [1.29, 1.82) is 0 Å². The lowest BCUT2D eigenvalue weighted by Crippen LogP contribution is -2.37. The minimum atomic E-state index is -1.25. The molecule has 5 N–H and O–H groups in total. The molecule has 0 saturated heterocycles. The van der Waals surface area contributed by atoms with E-state index in [0.717, 1.165) is 5.56 Å². The standard InChI is InChI=1S/C22H24FN3O6/c1-22(31)11-26-18-17(19(29)16(10-28)21(30)24-6-7-27)25-9-14(20(18)32-12-22)8-13-2-4-15(23)5-3-13/h2-5,9-10,26-28,31H,6-8,11-12H2,1H3,(H,24,30). The number of carbonyl (C=O) groups is 2. The third kappa shape index (κ3) is 5.21. The molecule has 32 heavy (non-hydrogen) atoms. The summed E-state index contributed by atoms with van der Waals surface area (Å²) in [6.45, 7) is 1.09. The van der Waals surface area contributed by atoms with Crippen molar-refractivity contribution in [2.45, 2.75) is 18.9 Å². The summed E-state index contributed by atoms with van der Waals surface area (Å²) < 4.78 is 19.1. The summed E-state index contributed by atoms with van der Waals surface area (Å²) >= 11 is 0. The largest absolute Gasteiger partial charge is 0.515 e. The molecule has 0 bridgehead atoms. The number of Topliss-reactive ketones (excluding diaryl/α,β-unsaturated/α-hetero) is 1. The average molecular weight is 445 g/mol. The summed E-state index contributed by atoms with van der Waals surface area (Å²) in [5, 5.41) is 34.0. The number of hydrogen-bond acceptors (Lipinski definition) is 8. The molecule has 1 atom stereocenters. The highest BCUT2D eigenvalue weighted by Crippen LogP contribution is 2.36. The highest BCUT2D eigenvalue weighted by atomic mass is 19.1. The summed E-state index contributed by atoms with van der Waals surface area (Å²) in [6.07, 6.45) is 2.09. The lowest BCUT2D eigenvalue weighted by Gasteiger charge is -2.19. The number of pyridine rings is 1. The Bertz CT molecular complexity index is 1040. The van der Waals surface area contributed by atoms with Gasteiger partial charge in [0, 0.05) is 31.3 Å². The lowest BCUT2D eigenvalue weighted by molar-refractivity contribution is -0.117. The van der Waals surface area contributed by atoms with Gasteiger partial charge in [0.1, 0.15) is 40.7 Å². The van der Waals surface area contributed by atoms with E-state index in [-0.39, 0.29) is 49.3 Å². The molecule has 170 valence electrons. The van der Waals surface area contributed by atoms with Crippen LogP contribution in [0.25, 0.3) is 0 Å². The fourth-order valence-corrected chi connectivity index (χ4v) is 3.15. The maximum Gasteiger partial charge on any atom is 0.258 e. The van der Waals surface area contributed by atoms with E-state index in [2.05, 4.69) is 15.6 Å². The van der Waals surface area contributed by atoms with Crippen molar-refractivity contribution in [2.24, 2.45) is 0 Å². The number of fused-ring (bicyclic) bond motifs is 1. The van der Waals surface area contributed by atoms with Crippen molar-refractivity contribution in [1.82, 2.24) is 10.3 Å². The summed E-state index contributed by atoms with van der Waals surface area (Å²) in [5.41, 5.74) is -0.486. The number of ketones is 1. The van der Waals surface area contributed by atoms with Crippen molar-refractivity contribution in [3.05, 3.63) is 64.9 Å². The number of benzene rings is 1. The highest BCUT2D eigenvalue weighted by molar-refractivity contribution is 6.26. The van der Waals surface area contributed by atoms with Crippen LogP contribution in [0.2, 0.25) is 0 Å². The monoisotopic (exact) mass is 445 g/mol. The SMILES string of the molecule is CC1(O)CNc2c(C(=O)C(=CO)C(=O)NCCO)ncc(Cc3ccc(F)cc3)c2OC1. The molecule has 0 aliphatic carbocycles.